The van der Waals surface area contributed by atoms with E-state index >= 15 is 0 Å². The molecule has 10 nitrogen and oxygen atoms in total. The summed E-state index contributed by atoms with van der Waals surface area (Å²) < 4.78 is 47.1. The number of aromatic nitrogens is 3. The summed E-state index contributed by atoms with van der Waals surface area (Å²) in [5.41, 5.74) is 1.91. The third-order valence-corrected chi connectivity index (χ3v) is 6.99. The minimum absolute atomic E-state index is 0.0193. The Balaban J connectivity index is 1.45. The van der Waals surface area contributed by atoms with Crippen molar-refractivity contribution in [1.82, 2.24) is 20.3 Å². The number of anilines is 1. The van der Waals surface area contributed by atoms with Crippen LogP contribution in [0.3, 0.4) is 0 Å². The van der Waals surface area contributed by atoms with Crippen LogP contribution >= 0.6 is 0 Å². The molecule has 0 bridgehead atoms. The fourth-order valence-electron chi connectivity index (χ4n) is 3.72. The predicted molar refractivity (Wildman–Crippen MR) is 129 cm³/mol. The average molecular weight is 494 g/mol. The van der Waals surface area contributed by atoms with Gasteiger partial charge in [-0.05, 0) is 42.0 Å². The number of hydrogen-bond donors (Lipinski definition) is 2. The molecule has 3 heterocycles. The molecule has 0 atom stereocenters. The van der Waals surface area contributed by atoms with E-state index in [2.05, 4.69) is 32.1 Å². The van der Waals surface area contributed by atoms with Gasteiger partial charge in [0.15, 0.2) is 11.4 Å². The van der Waals surface area contributed by atoms with Crippen LogP contribution in [0.1, 0.15) is 11.1 Å². The first-order chi connectivity index (χ1) is 17.0. The van der Waals surface area contributed by atoms with Crippen LogP contribution in [0, 0.1) is 17.8 Å². The van der Waals surface area contributed by atoms with E-state index in [4.69, 9.17) is 14.0 Å². The quantitative estimate of drug-likeness (QED) is 0.377. The van der Waals surface area contributed by atoms with Crippen molar-refractivity contribution in [1.29, 1.82) is 0 Å². The van der Waals surface area contributed by atoms with Crippen LogP contribution in [0.5, 0.6) is 11.5 Å². The summed E-state index contributed by atoms with van der Waals surface area (Å²) in [5, 5.41) is 11.7. The number of hydrogen-bond acceptors (Lipinski definition) is 8. The summed E-state index contributed by atoms with van der Waals surface area (Å²) >= 11 is 0. The molecule has 2 aromatic heterocycles. The minimum Gasteiger partial charge on any atom is -0.496 e. The molecule has 2 aromatic carbocycles. The van der Waals surface area contributed by atoms with E-state index in [0.717, 1.165) is 18.7 Å². The maximum Gasteiger partial charge on any atom is 0.266 e. The number of benzene rings is 2. The minimum atomic E-state index is -4.06. The summed E-state index contributed by atoms with van der Waals surface area (Å²) in [6, 6.07) is 10.1. The van der Waals surface area contributed by atoms with Crippen LogP contribution < -0.4 is 19.5 Å². The third kappa shape index (κ3) is 4.66. The van der Waals surface area contributed by atoms with Crippen molar-refractivity contribution in [2.75, 3.05) is 32.0 Å². The third-order valence-electron chi connectivity index (χ3n) is 5.61. The van der Waals surface area contributed by atoms with Gasteiger partial charge in [-0.1, -0.05) is 17.0 Å². The van der Waals surface area contributed by atoms with Gasteiger partial charge in [-0.3, -0.25) is 9.40 Å². The van der Waals surface area contributed by atoms with E-state index < -0.39 is 10.0 Å². The van der Waals surface area contributed by atoms with Crippen LogP contribution in [0.15, 0.2) is 58.2 Å². The number of ether oxygens (including phenoxy) is 2. The molecule has 180 valence electrons. The second-order valence-corrected chi connectivity index (χ2v) is 9.65. The predicted octanol–water partition coefficient (Wildman–Crippen LogP) is 2.46. The van der Waals surface area contributed by atoms with Crippen molar-refractivity contribution in [3.05, 3.63) is 59.9 Å². The van der Waals surface area contributed by atoms with Crippen LogP contribution in [0.4, 0.5) is 5.82 Å². The number of rotatable bonds is 7. The number of nitrogens with one attached hydrogen (secondary N) is 2. The molecule has 0 aliphatic carbocycles. The summed E-state index contributed by atoms with van der Waals surface area (Å²) in [6.07, 6.45) is 3.53. The van der Waals surface area contributed by atoms with E-state index in [1.165, 1.54) is 20.3 Å². The van der Waals surface area contributed by atoms with Crippen molar-refractivity contribution >= 4 is 26.8 Å². The average Bonchev–Trinajstić information content (AvgIpc) is 3.47. The van der Waals surface area contributed by atoms with Crippen molar-refractivity contribution in [2.24, 2.45) is 5.92 Å². The van der Waals surface area contributed by atoms with Crippen LogP contribution in [-0.4, -0.2) is 50.7 Å². The van der Waals surface area contributed by atoms with E-state index in [1.54, 1.807) is 35.1 Å². The first-order valence-electron chi connectivity index (χ1n) is 10.8. The zero-order chi connectivity index (χ0) is 24.4. The molecular formula is C24H23N5O5S. The van der Waals surface area contributed by atoms with Gasteiger partial charge in [0.25, 0.3) is 10.0 Å². The van der Waals surface area contributed by atoms with Crippen LogP contribution in [0.25, 0.3) is 11.0 Å². The Morgan fingerprint density at radius 1 is 1.20 bits per heavy atom. The lowest BCUT2D eigenvalue weighted by Gasteiger charge is -2.21. The Morgan fingerprint density at radius 3 is 2.71 bits per heavy atom. The van der Waals surface area contributed by atoms with Crippen LogP contribution in [0.2, 0.25) is 0 Å². The summed E-state index contributed by atoms with van der Waals surface area (Å²) in [4.78, 5) is -0.0405. The summed E-state index contributed by atoms with van der Waals surface area (Å²) in [5.74, 6) is 7.16. The molecule has 0 saturated carbocycles. The molecule has 0 amide bonds. The normalized spacial score (nSPS) is 13.7. The largest absolute Gasteiger partial charge is 0.496 e. The topological polar surface area (TPSA) is 121 Å². The SMILES string of the molecule is COc1cc(C#CC2CNC2)ccc1S(=O)(=O)Nc1noc2cc(Cn3cccn3)cc(OC)c12. The maximum absolute atomic E-state index is 13.3. The molecule has 5 rings (SSSR count). The Labute approximate surface area is 202 Å². The Bertz CT molecular complexity index is 1530. The van der Waals surface area contributed by atoms with Gasteiger partial charge in [0.2, 0.25) is 0 Å². The number of sulfonamides is 1. The van der Waals surface area contributed by atoms with Gasteiger partial charge in [-0.15, -0.1) is 0 Å². The van der Waals surface area contributed by atoms with E-state index in [-0.39, 0.29) is 16.5 Å². The van der Waals surface area contributed by atoms with Crippen LogP contribution in [-0.2, 0) is 16.6 Å². The monoisotopic (exact) mass is 493 g/mol. The fraction of sp³-hybridized carbons (Fsp3) is 0.250. The molecule has 1 aliphatic rings. The highest BCUT2D eigenvalue weighted by atomic mass is 32.2. The Kier molecular flexibility index (Phi) is 6.07. The number of fused-ring (bicyclic) bond motifs is 1. The molecule has 11 heteroatoms. The lowest BCUT2D eigenvalue weighted by atomic mass is 10.0. The Morgan fingerprint density at radius 2 is 2.03 bits per heavy atom. The second kappa shape index (κ2) is 9.32. The highest BCUT2D eigenvalue weighted by molar-refractivity contribution is 7.92. The van der Waals surface area contributed by atoms with E-state index in [9.17, 15) is 8.42 Å². The molecule has 0 spiro atoms. The first kappa shape index (κ1) is 22.8. The molecule has 1 saturated heterocycles. The van der Waals surface area contributed by atoms with Gasteiger partial charge in [-0.25, -0.2) is 8.42 Å². The molecule has 4 aromatic rings. The molecule has 1 aliphatic heterocycles. The number of nitrogens with zero attached hydrogens (tertiary/aromatic N) is 3. The van der Waals surface area contributed by atoms with Gasteiger partial charge < -0.3 is 19.3 Å². The van der Waals surface area contributed by atoms with Gasteiger partial charge in [0.1, 0.15) is 21.8 Å². The molecular weight excluding hydrogens is 470 g/mol. The molecule has 35 heavy (non-hydrogen) atoms. The van der Waals surface area contributed by atoms with Gasteiger partial charge >= 0.3 is 0 Å². The smallest absolute Gasteiger partial charge is 0.266 e. The summed E-state index contributed by atoms with van der Waals surface area (Å²) in [6.45, 7) is 2.21. The summed E-state index contributed by atoms with van der Waals surface area (Å²) in [7, 11) is -1.15. The zero-order valence-electron chi connectivity index (χ0n) is 19.1. The molecule has 1 fully saturated rings. The van der Waals surface area contributed by atoms with E-state index in [0.29, 0.717) is 34.7 Å². The van der Waals surface area contributed by atoms with E-state index in [1.807, 2.05) is 12.3 Å². The van der Waals surface area contributed by atoms with Crippen molar-refractivity contribution in [3.63, 3.8) is 0 Å². The second-order valence-electron chi connectivity index (χ2n) is 8.00. The standard InChI is InChI=1S/C24H23N5O5S/c1-32-19-10-16(4-5-17-13-25-14-17)6-7-22(19)35(30,31)28-24-23-20(33-2)11-18(12-21(23)34-27-24)15-29-9-3-8-26-29/h3,6-12,17,25H,13-15H2,1-2H3,(H,27,28). The fourth-order valence-corrected chi connectivity index (χ4v) is 4.88. The highest BCUT2D eigenvalue weighted by Gasteiger charge is 2.25. The zero-order valence-corrected chi connectivity index (χ0v) is 19.9. The van der Waals surface area contributed by atoms with Gasteiger partial charge in [0, 0.05) is 37.0 Å². The van der Waals surface area contributed by atoms with Crippen molar-refractivity contribution < 1.29 is 22.4 Å². The maximum atomic E-state index is 13.3. The van der Waals surface area contributed by atoms with Crippen molar-refractivity contribution in [3.8, 4) is 23.3 Å². The Hall–Kier alpha value is -4.01. The van der Waals surface area contributed by atoms with Crippen molar-refractivity contribution in [2.45, 2.75) is 11.4 Å². The molecule has 0 unspecified atom stereocenters. The van der Waals surface area contributed by atoms with Gasteiger partial charge in [-0.2, -0.15) is 5.10 Å². The lowest BCUT2D eigenvalue weighted by molar-refractivity contribution is 0.402. The lowest BCUT2D eigenvalue weighted by Crippen LogP contribution is -2.40. The number of methoxy groups -OCH3 is 2. The molecule has 0 radical (unpaired) electrons. The highest BCUT2D eigenvalue weighted by Crippen LogP contribution is 2.36. The van der Waals surface area contributed by atoms with Gasteiger partial charge in [0.05, 0.1) is 20.8 Å². The first-order valence-corrected chi connectivity index (χ1v) is 12.3. The molecule has 2 N–H and O–H groups in total.